The number of hydrogen-bond acceptors (Lipinski definition) is 7. The first-order chi connectivity index (χ1) is 26.2. The lowest BCUT2D eigenvalue weighted by atomic mass is 9.72. The SMILES string of the molecule is Cc1nc2c(F)c(-c3cccc(Cl)c3Cl)c(CCC#N)cc2c2c1cc(C1CC(n3cc(C45CC(CN4)C5)nn3)CN1C(=O)C1CC1)n2C1C2CNC1C2. The molecule has 1 amide bonds. The van der Waals surface area contributed by atoms with Gasteiger partial charge >= 0.3 is 0 Å². The van der Waals surface area contributed by atoms with Gasteiger partial charge < -0.3 is 20.1 Å². The Balaban J connectivity index is 1.10. The number of hydrogen-bond donors (Lipinski definition) is 2. The Morgan fingerprint density at radius 2 is 2.00 bits per heavy atom. The van der Waals surface area contributed by atoms with Crippen LogP contribution in [0.1, 0.15) is 85.7 Å². The highest BCUT2D eigenvalue weighted by atomic mass is 35.5. The fourth-order valence-electron chi connectivity index (χ4n) is 10.7. The maximum absolute atomic E-state index is 17.3. The number of carbonyl (C=O) groups excluding carboxylic acids is 1. The minimum Gasteiger partial charge on any atom is -0.337 e. The Morgan fingerprint density at radius 3 is 2.72 bits per heavy atom. The first-order valence-corrected chi connectivity index (χ1v) is 20.2. The molecule has 3 saturated carbocycles. The first kappa shape index (κ1) is 33.3. The van der Waals surface area contributed by atoms with Crippen LogP contribution in [-0.2, 0) is 16.8 Å². The van der Waals surface area contributed by atoms with E-state index >= 15 is 4.39 Å². The lowest BCUT2D eigenvalue weighted by molar-refractivity contribution is -0.133. The van der Waals surface area contributed by atoms with Gasteiger partial charge in [-0.05, 0) is 94.0 Å². The molecule has 5 saturated heterocycles. The molecule has 8 aliphatic rings. The molecule has 13 heteroatoms. The van der Waals surface area contributed by atoms with Crippen molar-refractivity contribution in [3.8, 4) is 17.2 Å². The van der Waals surface area contributed by atoms with Crippen molar-refractivity contribution < 1.29 is 9.18 Å². The summed E-state index contributed by atoms with van der Waals surface area (Å²) < 4.78 is 21.7. The van der Waals surface area contributed by atoms with Crippen LogP contribution >= 0.6 is 23.2 Å². The maximum atomic E-state index is 17.3. The van der Waals surface area contributed by atoms with Gasteiger partial charge in [0.2, 0.25) is 5.91 Å². The highest BCUT2D eigenvalue weighted by molar-refractivity contribution is 6.43. The van der Waals surface area contributed by atoms with Crippen molar-refractivity contribution in [2.45, 2.75) is 88.0 Å². The molecule has 5 unspecified atom stereocenters. The number of nitrogens with zero attached hydrogens (tertiary/aromatic N) is 7. The van der Waals surface area contributed by atoms with Gasteiger partial charge in [-0.2, -0.15) is 5.26 Å². The van der Waals surface area contributed by atoms with Gasteiger partial charge in [0.1, 0.15) is 11.2 Å². The average Bonchev–Trinajstić information content (AvgIpc) is 3.87. The Bertz CT molecular complexity index is 2440. The van der Waals surface area contributed by atoms with Crippen molar-refractivity contribution in [2.75, 3.05) is 19.6 Å². The molecule has 0 radical (unpaired) electrons. The van der Waals surface area contributed by atoms with E-state index in [0.717, 1.165) is 79.1 Å². The number of aromatic nitrogens is 5. The van der Waals surface area contributed by atoms with Crippen molar-refractivity contribution >= 4 is 50.9 Å². The minimum absolute atomic E-state index is 0.0219. The number of pyridine rings is 1. The number of nitriles is 1. The third-order valence-electron chi connectivity index (χ3n) is 13.6. The van der Waals surface area contributed by atoms with E-state index in [2.05, 4.69) is 48.7 Å². The number of amides is 1. The molecule has 276 valence electrons. The quantitative estimate of drug-likeness (QED) is 0.170. The van der Waals surface area contributed by atoms with Gasteiger partial charge in [0.25, 0.3) is 0 Å². The van der Waals surface area contributed by atoms with Crippen LogP contribution in [0.5, 0.6) is 0 Å². The van der Waals surface area contributed by atoms with E-state index in [0.29, 0.717) is 52.4 Å². The highest BCUT2D eigenvalue weighted by Crippen LogP contribution is 2.53. The maximum Gasteiger partial charge on any atom is 0.226 e. The van der Waals surface area contributed by atoms with E-state index in [4.69, 9.17) is 28.2 Å². The Morgan fingerprint density at radius 1 is 1.15 bits per heavy atom. The Labute approximate surface area is 322 Å². The normalized spacial score (nSPS) is 29.6. The Hall–Kier alpha value is -4.08. The van der Waals surface area contributed by atoms with Crippen LogP contribution in [0.2, 0.25) is 10.0 Å². The third kappa shape index (κ3) is 4.76. The number of carbonyl (C=O) groups is 1. The summed E-state index contributed by atoms with van der Waals surface area (Å²) in [6.07, 6.45) is 8.52. The molecule has 8 heterocycles. The number of nitrogens with one attached hydrogen (secondary N) is 2. The summed E-state index contributed by atoms with van der Waals surface area (Å²) in [4.78, 5) is 21.3. The smallest absolute Gasteiger partial charge is 0.226 e. The van der Waals surface area contributed by atoms with Crippen LogP contribution in [-0.4, -0.2) is 61.0 Å². The van der Waals surface area contributed by atoms with Gasteiger partial charge in [-0.25, -0.2) is 14.1 Å². The van der Waals surface area contributed by atoms with Crippen LogP contribution in [0.15, 0.2) is 36.5 Å². The second-order valence-corrected chi connectivity index (χ2v) is 17.6. The lowest BCUT2D eigenvalue weighted by Gasteiger charge is -2.39. The van der Waals surface area contributed by atoms with Crippen LogP contribution < -0.4 is 10.6 Å². The van der Waals surface area contributed by atoms with Crippen molar-refractivity contribution in [3.05, 3.63) is 75.0 Å². The van der Waals surface area contributed by atoms with Crippen LogP contribution in [0.4, 0.5) is 4.39 Å². The second kappa shape index (κ2) is 12.0. The molecule has 4 bridgehead atoms. The van der Waals surface area contributed by atoms with Crippen LogP contribution in [0, 0.1) is 41.8 Å². The van der Waals surface area contributed by atoms with E-state index in [1.165, 1.54) is 0 Å². The van der Waals surface area contributed by atoms with Crippen molar-refractivity contribution in [3.63, 3.8) is 0 Å². The van der Waals surface area contributed by atoms with Crippen LogP contribution in [0.3, 0.4) is 0 Å². The summed E-state index contributed by atoms with van der Waals surface area (Å²) in [7, 11) is 0. The number of rotatable bonds is 8. The van der Waals surface area contributed by atoms with E-state index in [9.17, 15) is 10.1 Å². The van der Waals surface area contributed by atoms with Gasteiger partial charge in [-0.15, -0.1) is 5.10 Å². The molecule has 5 aliphatic heterocycles. The van der Waals surface area contributed by atoms with E-state index in [-0.39, 0.29) is 58.5 Å². The Kier molecular flexibility index (Phi) is 7.37. The van der Waals surface area contributed by atoms with Crippen LogP contribution in [0.25, 0.3) is 32.9 Å². The molecule has 2 N–H and O–H groups in total. The van der Waals surface area contributed by atoms with Gasteiger partial charge in [-0.3, -0.25) is 4.79 Å². The number of halogens is 3. The average molecular weight is 765 g/mol. The standard InChI is InChI=1S/C41H40Cl2FN9O/c1-20-27-13-32(31-12-25(18-51(31)40(54)22-7-8-22)52-19-33(49-50-52)41-14-21(15-41)16-47-41)53(38-24-11-30(38)46-17-24)39(27)28-10-23(4-3-9-45)34(36(44)37(28)48-20)26-5-2-6-29(42)35(26)43/h2,5-6,10,13,19,21-22,24-25,30-31,38,46-47H,3-4,7-8,11-12,14-18H2,1H3. The number of aryl methyl sites for hydroxylation is 2. The van der Waals surface area contributed by atoms with Crippen molar-refractivity contribution in [2.24, 2.45) is 17.8 Å². The van der Waals surface area contributed by atoms with E-state index in [1.807, 2.05) is 17.7 Å². The summed E-state index contributed by atoms with van der Waals surface area (Å²) in [5, 5.41) is 28.7. The fourth-order valence-corrected chi connectivity index (χ4v) is 11.1. The zero-order chi connectivity index (χ0) is 36.6. The molecule has 3 aromatic heterocycles. The summed E-state index contributed by atoms with van der Waals surface area (Å²) in [5.74, 6) is 0.943. The molecule has 0 spiro atoms. The summed E-state index contributed by atoms with van der Waals surface area (Å²) in [5.41, 5.74) is 5.44. The molecule has 54 heavy (non-hydrogen) atoms. The summed E-state index contributed by atoms with van der Waals surface area (Å²) in [6.45, 7) is 4.47. The number of fused-ring (bicyclic) bond motifs is 5. The van der Waals surface area contributed by atoms with Gasteiger partial charge in [-0.1, -0.05) is 40.5 Å². The molecule has 5 atom stereocenters. The predicted octanol–water partition coefficient (Wildman–Crippen LogP) is 7.32. The fraction of sp³-hybridized carbons (Fsp3) is 0.488. The first-order valence-electron chi connectivity index (χ1n) is 19.4. The molecule has 13 rings (SSSR count). The predicted molar refractivity (Wildman–Crippen MR) is 204 cm³/mol. The van der Waals surface area contributed by atoms with Gasteiger partial charge in [0.05, 0.1) is 51.5 Å². The zero-order valence-electron chi connectivity index (χ0n) is 30.0. The number of likely N-dealkylation sites (tertiary alicyclic amines) is 1. The topological polar surface area (TPSA) is 117 Å². The summed E-state index contributed by atoms with van der Waals surface area (Å²) in [6, 6.07) is 11.9. The van der Waals surface area contributed by atoms with E-state index in [1.54, 1.807) is 18.2 Å². The highest BCUT2D eigenvalue weighted by Gasteiger charge is 2.54. The molecule has 3 aliphatic carbocycles. The number of benzene rings is 2. The zero-order valence-corrected chi connectivity index (χ0v) is 31.5. The summed E-state index contributed by atoms with van der Waals surface area (Å²) >= 11 is 13.2. The second-order valence-electron chi connectivity index (χ2n) is 16.8. The largest absolute Gasteiger partial charge is 0.337 e. The van der Waals surface area contributed by atoms with Gasteiger partial charge in [0, 0.05) is 64.8 Å². The molecule has 5 aromatic rings. The minimum atomic E-state index is -0.471. The molecular weight excluding hydrogens is 724 g/mol. The third-order valence-corrected chi connectivity index (χ3v) is 14.5. The van der Waals surface area contributed by atoms with Gasteiger partial charge in [0.15, 0.2) is 5.82 Å². The lowest BCUT2D eigenvalue weighted by Crippen LogP contribution is -2.41. The monoisotopic (exact) mass is 763 g/mol. The molecule has 10 nitrogen and oxygen atoms in total. The van der Waals surface area contributed by atoms with Crippen molar-refractivity contribution in [1.82, 2.24) is 40.1 Å². The molecular formula is C41H40Cl2FN9O. The molecule has 8 fully saturated rings. The van der Waals surface area contributed by atoms with E-state index < -0.39 is 5.82 Å². The van der Waals surface area contributed by atoms with Crippen molar-refractivity contribution in [1.29, 1.82) is 5.26 Å². The molecule has 2 aromatic carbocycles.